The summed E-state index contributed by atoms with van der Waals surface area (Å²) in [4.78, 5) is 12.2. The van der Waals surface area contributed by atoms with E-state index < -0.39 is 6.04 Å². The van der Waals surface area contributed by atoms with Gasteiger partial charge >= 0.3 is 5.97 Å². The molecule has 4 atom stereocenters. The van der Waals surface area contributed by atoms with Crippen molar-refractivity contribution in [1.29, 1.82) is 0 Å². The van der Waals surface area contributed by atoms with Gasteiger partial charge in [0, 0.05) is 10.9 Å². The van der Waals surface area contributed by atoms with Crippen LogP contribution in [0.4, 0.5) is 0 Å². The molecule has 1 aromatic carbocycles. The Morgan fingerprint density at radius 1 is 1.15 bits per heavy atom. The van der Waals surface area contributed by atoms with Gasteiger partial charge in [-0.1, -0.05) is 49.4 Å². The van der Waals surface area contributed by atoms with E-state index in [9.17, 15) is 4.79 Å². The molecule has 0 spiro atoms. The van der Waals surface area contributed by atoms with E-state index in [1.165, 1.54) is 31.2 Å². The van der Waals surface area contributed by atoms with E-state index in [1.54, 1.807) is 0 Å². The Hall–Kier alpha value is -0.810. The van der Waals surface area contributed by atoms with Crippen molar-refractivity contribution in [2.75, 3.05) is 13.2 Å². The highest BCUT2D eigenvalue weighted by Crippen LogP contribution is 2.40. The summed E-state index contributed by atoms with van der Waals surface area (Å²) in [7, 11) is 0. The van der Waals surface area contributed by atoms with E-state index in [1.807, 2.05) is 19.1 Å². The molecule has 2 N–H and O–H groups in total. The van der Waals surface area contributed by atoms with Gasteiger partial charge in [0.25, 0.3) is 0 Å². The first-order chi connectivity index (χ1) is 12.0. The molecular weight excluding hydrogens is 373 g/mol. The largest absolute Gasteiger partial charge is 0.461 e. The molecule has 26 heavy (non-hydrogen) atoms. The Balaban J connectivity index is 0.00000243. The molecule has 1 aliphatic carbocycles. The van der Waals surface area contributed by atoms with Gasteiger partial charge in [-0.3, -0.25) is 4.79 Å². The first kappa shape index (κ1) is 21.5. The van der Waals surface area contributed by atoms with Crippen LogP contribution in [0.25, 0.3) is 0 Å². The van der Waals surface area contributed by atoms with Crippen molar-refractivity contribution in [2.45, 2.75) is 51.2 Å². The molecule has 1 saturated heterocycles. The molecule has 146 valence electrons. The lowest BCUT2D eigenvalue weighted by atomic mass is 9.75. The molecule has 0 bridgehead atoms. The number of esters is 1. The molecule has 2 fully saturated rings. The Labute approximate surface area is 167 Å². The zero-order chi connectivity index (χ0) is 17.8. The molecule has 1 heterocycles. The summed E-state index contributed by atoms with van der Waals surface area (Å²) in [5, 5.41) is 0.745. The predicted octanol–water partition coefficient (Wildman–Crippen LogP) is 4.02. The lowest BCUT2D eigenvalue weighted by Gasteiger charge is -2.35. The number of hydrogen-bond donors (Lipinski definition) is 1. The van der Waals surface area contributed by atoms with Gasteiger partial charge in [-0.05, 0) is 42.9 Å². The second kappa shape index (κ2) is 9.93. The van der Waals surface area contributed by atoms with Crippen molar-refractivity contribution < 1.29 is 14.3 Å². The topological polar surface area (TPSA) is 61.5 Å². The molecule has 1 aliphatic heterocycles. The molecule has 1 aromatic rings. The number of ether oxygens (including phenoxy) is 2. The fourth-order valence-electron chi connectivity index (χ4n) is 4.49. The van der Waals surface area contributed by atoms with Crippen LogP contribution in [0.1, 0.15) is 38.2 Å². The highest BCUT2D eigenvalue weighted by Gasteiger charge is 2.39. The third kappa shape index (κ3) is 5.35. The van der Waals surface area contributed by atoms with Crippen LogP contribution >= 0.6 is 24.0 Å². The fraction of sp³-hybridized carbons (Fsp3) is 0.650. The Morgan fingerprint density at radius 3 is 2.46 bits per heavy atom. The highest BCUT2D eigenvalue weighted by molar-refractivity contribution is 6.30. The number of benzene rings is 1. The summed E-state index contributed by atoms with van der Waals surface area (Å²) in [5.74, 6) is 0.838. The van der Waals surface area contributed by atoms with E-state index in [-0.39, 0.29) is 31.1 Å². The smallest absolute Gasteiger partial charge is 0.325 e. The van der Waals surface area contributed by atoms with Gasteiger partial charge in [0.15, 0.2) is 0 Å². The fourth-order valence-corrected chi connectivity index (χ4v) is 4.61. The minimum atomic E-state index is -0.694. The molecule has 1 saturated carbocycles. The summed E-state index contributed by atoms with van der Waals surface area (Å²) in [6.07, 6.45) is 5.69. The van der Waals surface area contributed by atoms with Crippen molar-refractivity contribution in [2.24, 2.45) is 23.5 Å². The Bertz CT molecular complexity index is 575. The minimum absolute atomic E-state index is 0. The van der Waals surface area contributed by atoms with Crippen molar-refractivity contribution in [1.82, 2.24) is 0 Å². The molecule has 6 heteroatoms. The third-order valence-corrected chi connectivity index (χ3v) is 5.93. The molecule has 3 rings (SSSR count). The number of carbonyl (C=O) groups is 1. The predicted molar refractivity (Wildman–Crippen MR) is 106 cm³/mol. The molecule has 0 aromatic heterocycles. The van der Waals surface area contributed by atoms with Gasteiger partial charge in [-0.2, -0.15) is 0 Å². The molecule has 0 amide bonds. The lowest BCUT2D eigenvalue weighted by molar-refractivity contribution is -0.154. The van der Waals surface area contributed by atoms with E-state index in [0.717, 1.165) is 11.4 Å². The molecule has 2 aliphatic rings. The van der Waals surface area contributed by atoms with E-state index in [0.29, 0.717) is 24.4 Å². The summed E-state index contributed by atoms with van der Waals surface area (Å²) >= 11 is 6.02. The normalized spacial score (nSPS) is 30.7. The first-order valence-corrected chi connectivity index (χ1v) is 9.70. The number of halogens is 2. The van der Waals surface area contributed by atoms with Gasteiger partial charge in [0.2, 0.25) is 0 Å². The summed E-state index contributed by atoms with van der Waals surface area (Å²) in [6, 6.07) is 7.31. The average molecular weight is 402 g/mol. The third-order valence-electron chi connectivity index (χ3n) is 5.68. The Kier molecular flexibility index (Phi) is 8.21. The molecular formula is C20H29Cl2NO3. The quantitative estimate of drug-likeness (QED) is 0.776. The van der Waals surface area contributed by atoms with Crippen LogP contribution < -0.4 is 5.73 Å². The van der Waals surface area contributed by atoms with E-state index in [4.69, 9.17) is 26.8 Å². The monoisotopic (exact) mass is 401 g/mol. The van der Waals surface area contributed by atoms with Crippen molar-refractivity contribution in [3.63, 3.8) is 0 Å². The van der Waals surface area contributed by atoms with Crippen LogP contribution in [-0.4, -0.2) is 31.3 Å². The molecule has 4 nitrogen and oxygen atoms in total. The maximum absolute atomic E-state index is 12.2. The number of carbonyl (C=O) groups excluding carboxylic acids is 1. The van der Waals surface area contributed by atoms with Crippen LogP contribution in [0.15, 0.2) is 24.3 Å². The average Bonchev–Trinajstić information content (AvgIpc) is 3.10. The van der Waals surface area contributed by atoms with E-state index >= 15 is 0 Å². The summed E-state index contributed by atoms with van der Waals surface area (Å²) in [6.45, 7) is 2.85. The van der Waals surface area contributed by atoms with E-state index in [2.05, 4.69) is 12.1 Å². The SMILES string of the molecule is C[C@@H]1OC(=O)[C@@H](N)COC[C@H](Cc2ccc(Cl)cc2)[C@H]1C1CCCC1.Cl. The van der Waals surface area contributed by atoms with Crippen molar-refractivity contribution in [3.05, 3.63) is 34.9 Å². The number of cyclic esters (lactones) is 1. The standard InChI is InChI=1S/C20H28ClNO3.ClH/c1-13-19(15-4-2-3-5-15)16(10-14-6-8-17(21)9-7-14)11-24-12-18(22)20(23)25-13;/h6-9,13,15-16,18-19H,2-5,10-12,22H2,1H3;1H/t13-,16-,18-,19+;/m0./s1. The lowest BCUT2D eigenvalue weighted by Crippen LogP contribution is -2.40. The zero-order valence-electron chi connectivity index (χ0n) is 15.2. The van der Waals surface area contributed by atoms with Gasteiger partial charge in [-0.15, -0.1) is 12.4 Å². The van der Waals surface area contributed by atoms with Gasteiger partial charge < -0.3 is 15.2 Å². The maximum Gasteiger partial charge on any atom is 0.325 e. The van der Waals surface area contributed by atoms with Crippen LogP contribution in [0.3, 0.4) is 0 Å². The minimum Gasteiger partial charge on any atom is -0.461 e. The van der Waals surface area contributed by atoms with Crippen molar-refractivity contribution >= 4 is 30.0 Å². The molecule has 0 unspecified atom stereocenters. The van der Waals surface area contributed by atoms with Gasteiger partial charge in [-0.25, -0.2) is 0 Å². The summed E-state index contributed by atoms with van der Waals surface area (Å²) < 4.78 is 11.6. The van der Waals surface area contributed by atoms with Gasteiger partial charge in [0.1, 0.15) is 12.1 Å². The zero-order valence-corrected chi connectivity index (χ0v) is 16.8. The van der Waals surface area contributed by atoms with Gasteiger partial charge in [0.05, 0.1) is 13.2 Å². The number of rotatable bonds is 3. The maximum atomic E-state index is 12.2. The van der Waals surface area contributed by atoms with Crippen molar-refractivity contribution in [3.8, 4) is 0 Å². The summed E-state index contributed by atoms with van der Waals surface area (Å²) in [5.41, 5.74) is 7.12. The Morgan fingerprint density at radius 2 is 1.81 bits per heavy atom. The number of hydrogen-bond acceptors (Lipinski definition) is 4. The van der Waals surface area contributed by atoms with Crippen LogP contribution in [0, 0.1) is 17.8 Å². The van der Waals surface area contributed by atoms with Crippen LogP contribution in [0.2, 0.25) is 5.02 Å². The second-order valence-corrected chi connectivity index (χ2v) is 7.93. The van der Waals surface area contributed by atoms with Crippen LogP contribution in [-0.2, 0) is 20.7 Å². The first-order valence-electron chi connectivity index (χ1n) is 9.33. The van der Waals surface area contributed by atoms with Crippen LogP contribution in [0.5, 0.6) is 0 Å². The second-order valence-electron chi connectivity index (χ2n) is 7.50. The number of nitrogens with two attached hydrogens (primary N) is 1. The molecule has 0 radical (unpaired) electrons. The highest BCUT2D eigenvalue weighted by atomic mass is 35.5.